The molecule has 2 atom stereocenters. The maximum absolute atomic E-state index is 5.88. The summed E-state index contributed by atoms with van der Waals surface area (Å²) in [5, 5.41) is 3.15. The molecule has 4 heteroatoms. The maximum Gasteiger partial charge on any atom is 0.0813 e. The Kier molecular flexibility index (Phi) is 5.86. The lowest BCUT2D eigenvalue weighted by Gasteiger charge is -2.32. The molecule has 1 saturated heterocycles. The van der Waals surface area contributed by atoms with Crippen molar-refractivity contribution in [3.63, 3.8) is 0 Å². The van der Waals surface area contributed by atoms with Crippen LogP contribution >= 0.6 is 0 Å². The summed E-state index contributed by atoms with van der Waals surface area (Å²) in [6, 6.07) is 0. The Balaban J connectivity index is 2.16. The van der Waals surface area contributed by atoms with Gasteiger partial charge in [0.25, 0.3) is 0 Å². The molecule has 0 aliphatic carbocycles. The van der Waals surface area contributed by atoms with Crippen molar-refractivity contribution in [2.75, 3.05) is 40.9 Å². The highest BCUT2D eigenvalue weighted by Gasteiger charge is 2.26. The number of nitrogens with zero attached hydrogens (tertiary/aromatic N) is 1. The van der Waals surface area contributed by atoms with Crippen molar-refractivity contribution in [3.8, 4) is 0 Å². The van der Waals surface area contributed by atoms with Crippen molar-refractivity contribution >= 4 is 0 Å². The molecule has 1 heterocycles. The van der Waals surface area contributed by atoms with E-state index in [1.165, 1.54) is 0 Å². The van der Waals surface area contributed by atoms with E-state index in [1.807, 2.05) is 7.05 Å². The minimum Gasteiger partial charge on any atom is -0.377 e. The predicted octanol–water partition coefficient (Wildman–Crippen LogP) is 1.11. The molecular formula is C13H28N2O2. The average Bonchev–Trinajstić information content (AvgIpc) is 2.66. The zero-order chi connectivity index (χ0) is 12.9. The molecule has 2 unspecified atom stereocenters. The number of hydrogen-bond acceptors (Lipinski definition) is 4. The normalized spacial score (nSPS) is 25.8. The molecule has 0 amide bonds. The van der Waals surface area contributed by atoms with Gasteiger partial charge in [0.05, 0.1) is 25.4 Å². The predicted molar refractivity (Wildman–Crippen MR) is 70.4 cm³/mol. The molecule has 17 heavy (non-hydrogen) atoms. The molecule has 0 saturated carbocycles. The molecule has 0 aromatic heterocycles. The first-order chi connectivity index (χ1) is 7.95. The summed E-state index contributed by atoms with van der Waals surface area (Å²) in [5.74, 6) is 0. The van der Waals surface area contributed by atoms with Crippen LogP contribution in [-0.2, 0) is 9.47 Å². The molecule has 1 aliphatic rings. The van der Waals surface area contributed by atoms with Crippen molar-refractivity contribution in [1.29, 1.82) is 0 Å². The number of rotatable bonds is 7. The minimum absolute atomic E-state index is 0.0863. The first-order valence-corrected chi connectivity index (χ1v) is 6.51. The third-order valence-corrected chi connectivity index (χ3v) is 3.60. The molecule has 1 rings (SSSR count). The van der Waals surface area contributed by atoms with Crippen molar-refractivity contribution < 1.29 is 9.47 Å². The number of hydrogen-bond donors (Lipinski definition) is 1. The lowest BCUT2D eigenvalue weighted by Crippen LogP contribution is -2.43. The molecule has 0 aromatic rings. The van der Waals surface area contributed by atoms with Crippen LogP contribution in [0.15, 0.2) is 0 Å². The third kappa shape index (κ3) is 4.92. The van der Waals surface area contributed by atoms with E-state index in [0.717, 1.165) is 32.6 Å². The second-order valence-electron chi connectivity index (χ2n) is 5.74. The Labute approximate surface area is 106 Å². The summed E-state index contributed by atoms with van der Waals surface area (Å²) in [4.78, 5) is 2.19. The van der Waals surface area contributed by atoms with Crippen LogP contribution in [0.4, 0.5) is 0 Å². The monoisotopic (exact) mass is 244 g/mol. The van der Waals surface area contributed by atoms with Gasteiger partial charge in [0.1, 0.15) is 0 Å². The van der Waals surface area contributed by atoms with E-state index in [4.69, 9.17) is 9.47 Å². The highest BCUT2D eigenvalue weighted by Crippen LogP contribution is 2.20. The van der Waals surface area contributed by atoms with Gasteiger partial charge in [-0.25, -0.2) is 0 Å². The van der Waals surface area contributed by atoms with Gasteiger partial charge in [-0.1, -0.05) is 0 Å². The van der Waals surface area contributed by atoms with Gasteiger partial charge in [0.15, 0.2) is 0 Å². The molecular weight excluding hydrogens is 216 g/mol. The second kappa shape index (κ2) is 6.69. The molecule has 1 N–H and O–H groups in total. The first-order valence-electron chi connectivity index (χ1n) is 6.51. The Morgan fingerprint density at radius 3 is 2.53 bits per heavy atom. The fourth-order valence-electron chi connectivity index (χ4n) is 1.85. The van der Waals surface area contributed by atoms with Gasteiger partial charge in [-0.05, 0) is 47.8 Å². The standard InChI is InChI=1S/C13H28N2O2/c1-13(2,15(4)5)10-16-9-12-7-6-11(17-12)8-14-3/h11-12,14H,6-10H2,1-5H3. The van der Waals surface area contributed by atoms with E-state index in [1.54, 1.807) is 0 Å². The highest BCUT2D eigenvalue weighted by atomic mass is 16.5. The lowest BCUT2D eigenvalue weighted by molar-refractivity contribution is -0.0372. The SMILES string of the molecule is CNCC1CCC(COCC(C)(C)N(C)C)O1. The van der Waals surface area contributed by atoms with Crippen LogP contribution in [0.1, 0.15) is 26.7 Å². The largest absolute Gasteiger partial charge is 0.377 e. The molecule has 0 radical (unpaired) electrons. The summed E-state index contributed by atoms with van der Waals surface area (Å²) in [5.41, 5.74) is 0.0863. The molecule has 0 aromatic carbocycles. The topological polar surface area (TPSA) is 33.7 Å². The first kappa shape index (κ1) is 14.9. The summed E-state index contributed by atoms with van der Waals surface area (Å²) in [6.45, 7) is 6.78. The molecule has 0 bridgehead atoms. The zero-order valence-corrected chi connectivity index (χ0v) is 12.0. The van der Waals surface area contributed by atoms with E-state index in [-0.39, 0.29) is 11.6 Å². The fourth-order valence-corrected chi connectivity index (χ4v) is 1.85. The van der Waals surface area contributed by atoms with Gasteiger partial charge in [0, 0.05) is 12.1 Å². The molecule has 1 fully saturated rings. The molecule has 1 aliphatic heterocycles. The molecule has 0 spiro atoms. The van der Waals surface area contributed by atoms with Crippen molar-refractivity contribution in [3.05, 3.63) is 0 Å². The number of ether oxygens (including phenoxy) is 2. The average molecular weight is 244 g/mol. The van der Waals surface area contributed by atoms with Gasteiger partial charge < -0.3 is 19.7 Å². The Morgan fingerprint density at radius 2 is 1.94 bits per heavy atom. The Bertz CT molecular complexity index is 219. The highest BCUT2D eigenvalue weighted by molar-refractivity contribution is 4.78. The van der Waals surface area contributed by atoms with Gasteiger partial charge >= 0.3 is 0 Å². The van der Waals surface area contributed by atoms with E-state index in [2.05, 4.69) is 38.2 Å². The van der Waals surface area contributed by atoms with Crippen molar-refractivity contribution in [1.82, 2.24) is 10.2 Å². The minimum atomic E-state index is 0.0863. The summed E-state index contributed by atoms with van der Waals surface area (Å²) >= 11 is 0. The van der Waals surface area contributed by atoms with Crippen molar-refractivity contribution in [2.45, 2.75) is 44.4 Å². The lowest BCUT2D eigenvalue weighted by atomic mass is 10.1. The number of nitrogens with one attached hydrogen (secondary N) is 1. The van der Waals surface area contributed by atoms with Crippen LogP contribution in [0.5, 0.6) is 0 Å². The van der Waals surface area contributed by atoms with Gasteiger partial charge in [-0.2, -0.15) is 0 Å². The molecule has 102 valence electrons. The Hall–Kier alpha value is -0.160. The smallest absolute Gasteiger partial charge is 0.0813 e. The van der Waals surface area contributed by atoms with Crippen LogP contribution in [-0.4, -0.2) is 63.5 Å². The van der Waals surface area contributed by atoms with Crippen LogP contribution in [0.25, 0.3) is 0 Å². The van der Waals surface area contributed by atoms with Crippen molar-refractivity contribution in [2.24, 2.45) is 0 Å². The quantitative estimate of drug-likeness (QED) is 0.727. The zero-order valence-electron chi connectivity index (χ0n) is 12.0. The van der Waals surface area contributed by atoms with E-state index in [9.17, 15) is 0 Å². The van der Waals surface area contributed by atoms with Gasteiger partial charge in [-0.3, -0.25) is 0 Å². The summed E-state index contributed by atoms with van der Waals surface area (Å²) in [7, 11) is 6.13. The number of likely N-dealkylation sites (N-methyl/N-ethyl adjacent to an activating group) is 2. The second-order valence-corrected chi connectivity index (χ2v) is 5.74. The van der Waals surface area contributed by atoms with Crippen LogP contribution < -0.4 is 5.32 Å². The summed E-state index contributed by atoms with van der Waals surface area (Å²) < 4.78 is 11.7. The Morgan fingerprint density at radius 1 is 1.29 bits per heavy atom. The van der Waals surface area contributed by atoms with E-state index in [0.29, 0.717) is 6.10 Å². The van der Waals surface area contributed by atoms with Crippen LogP contribution in [0, 0.1) is 0 Å². The van der Waals surface area contributed by atoms with Gasteiger partial charge in [-0.15, -0.1) is 0 Å². The third-order valence-electron chi connectivity index (χ3n) is 3.60. The van der Waals surface area contributed by atoms with E-state index < -0.39 is 0 Å². The van der Waals surface area contributed by atoms with Gasteiger partial charge in [0.2, 0.25) is 0 Å². The maximum atomic E-state index is 5.88. The van der Waals surface area contributed by atoms with E-state index >= 15 is 0 Å². The van der Waals surface area contributed by atoms with Crippen LogP contribution in [0.2, 0.25) is 0 Å². The molecule has 4 nitrogen and oxygen atoms in total. The van der Waals surface area contributed by atoms with Crippen LogP contribution in [0.3, 0.4) is 0 Å². The summed E-state index contributed by atoms with van der Waals surface area (Å²) in [6.07, 6.45) is 2.92. The fraction of sp³-hybridized carbons (Fsp3) is 1.00.